The van der Waals surface area contributed by atoms with Gasteiger partial charge in [-0.1, -0.05) is 345 Å². The van der Waals surface area contributed by atoms with Crippen molar-refractivity contribution in [1.29, 1.82) is 0 Å². The number of rotatable bonds is 12. The Morgan fingerprint density at radius 3 is 0.796 bits per heavy atom. The first-order valence-corrected chi connectivity index (χ1v) is 48.1. The molecule has 15 rings (SSSR count). The molecule has 0 unspecified atom stereocenters. The predicted octanol–water partition coefficient (Wildman–Crippen LogP) is 19.7. The van der Waals surface area contributed by atoms with Crippen LogP contribution in [0, 0.1) is 27.7 Å². The number of pyridine rings is 3. The van der Waals surface area contributed by atoms with Gasteiger partial charge in [-0.3, -0.25) is 0 Å². The van der Waals surface area contributed by atoms with Crippen molar-refractivity contribution in [3.05, 3.63) is 360 Å². The Hall–Kier alpha value is -10.5. The number of benzene rings is 12. The summed E-state index contributed by atoms with van der Waals surface area (Å²) in [5.74, 6) is 0. The van der Waals surface area contributed by atoms with Crippen LogP contribution < -0.4 is 60.4 Å². The lowest BCUT2D eigenvalue weighted by atomic mass is 9.76. The minimum absolute atomic E-state index is 0.0647. The maximum Gasteiger partial charge on any atom is 0.220 e. The monoisotopic (exact) mass is 1530 g/mol. The van der Waals surface area contributed by atoms with Crippen molar-refractivity contribution in [2.75, 3.05) is 0 Å². The van der Waals surface area contributed by atoms with E-state index in [2.05, 4.69) is 481 Å². The molecule has 0 aliphatic rings. The normalized spacial score (nSPS) is 12.3. The molecule has 12 aromatic carbocycles. The second-order valence-corrected chi connectivity index (χ2v) is 48.4. The van der Waals surface area contributed by atoms with Crippen LogP contribution in [0.25, 0.3) is 66.1 Å². The maximum atomic E-state index is 2.50. The molecule has 0 aliphatic heterocycles. The Labute approximate surface area is 679 Å². The molecule has 3 aromatic heterocycles. The van der Waals surface area contributed by atoms with Crippen LogP contribution in [0.2, 0.25) is 19.6 Å². The Kier molecular flexibility index (Phi) is 22.7. The molecule has 0 N–H and O–H groups in total. The number of hydrogen-bond donors (Lipinski definition) is 0. The van der Waals surface area contributed by atoms with E-state index < -0.39 is 24.2 Å². The van der Waals surface area contributed by atoms with E-state index in [-0.39, 0.29) is 21.7 Å². The molecule has 113 heavy (non-hydrogen) atoms. The molecule has 0 aliphatic carbocycles. The first kappa shape index (κ1) is 80.6. The van der Waals surface area contributed by atoms with E-state index >= 15 is 0 Å². The third kappa shape index (κ3) is 16.0. The third-order valence-corrected chi connectivity index (χ3v) is 38.1. The summed E-state index contributed by atoms with van der Waals surface area (Å²) >= 11 is 0. The second-order valence-electron chi connectivity index (χ2n) is 36.5. The lowest BCUT2D eigenvalue weighted by molar-refractivity contribution is -0.659. The number of hydrogen-bond acceptors (Lipinski definition) is 0. The standard InChI is InChI=1S/C38H44NSi.C35H38NSi.C34H36NSi/c1-27-34(25-29(37(2,3)4)26-35(27)38(5,6)7)36-33-21-20-32(24-28(33)22-23-39(36)8)40(9,30-16-12-10-13-17-30)31-18-14-11-15-19-31;1-25-22-28(35(3,4)5)24-33(26(25)2)34-32-19-18-31(23-27(32)20-21-36(34)6)37(7,29-14-10-8-11-15-29)30-16-12-9-13-17-30;1-25-17-18-27(34(2,3)4)24-32(25)33-31-20-19-30(23-26(31)21-22-35(33)5)36(6,28-13-9-7-10-14-28)29-15-11-8-12-16-29/h10-26H,1-9H3;8-24H,1-7H3;7-24H,1-6H3/q3*+1. The van der Waals surface area contributed by atoms with E-state index in [0.29, 0.717) is 0 Å². The molecule has 0 saturated carbocycles. The van der Waals surface area contributed by atoms with E-state index in [1.807, 2.05) is 0 Å². The number of fused-ring (bicyclic) bond motifs is 3. The Morgan fingerprint density at radius 2 is 0.504 bits per heavy atom. The van der Waals surface area contributed by atoms with E-state index in [1.165, 1.54) is 157 Å². The van der Waals surface area contributed by atoms with Crippen LogP contribution in [0.1, 0.15) is 128 Å². The number of aromatic nitrogens is 3. The number of nitrogens with zero attached hydrogens (tertiary/aromatic N) is 3. The maximum absolute atomic E-state index is 2.50. The Morgan fingerprint density at radius 1 is 0.230 bits per heavy atom. The topological polar surface area (TPSA) is 11.6 Å². The molecule has 0 fully saturated rings. The molecule has 0 bridgehead atoms. The van der Waals surface area contributed by atoms with Crippen LogP contribution in [0.3, 0.4) is 0 Å². The zero-order valence-corrected chi connectivity index (χ0v) is 74.4. The molecule has 0 radical (unpaired) electrons. The summed E-state index contributed by atoms with van der Waals surface area (Å²) in [4.78, 5) is 0. The zero-order chi connectivity index (χ0) is 80.7. The molecule has 15 aromatic rings. The summed E-state index contributed by atoms with van der Waals surface area (Å²) in [7, 11) is 0.0169. The van der Waals surface area contributed by atoms with Crippen molar-refractivity contribution in [2.24, 2.45) is 21.1 Å². The summed E-state index contributed by atoms with van der Waals surface area (Å²) in [5, 5.41) is 20.7. The highest BCUT2D eigenvalue weighted by molar-refractivity contribution is 7.12. The average molecular weight is 1530 g/mol. The third-order valence-electron chi connectivity index (χ3n) is 24.7. The number of aryl methyl sites for hydroxylation is 5. The van der Waals surface area contributed by atoms with Crippen molar-refractivity contribution in [1.82, 2.24) is 0 Å². The van der Waals surface area contributed by atoms with Gasteiger partial charge in [0.2, 0.25) is 17.1 Å². The van der Waals surface area contributed by atoms with Crippen molar-refractivity contribution in [3.8, 4) is 33.8 Å². The van der Waals surface area contributed by atoms with Crippen molar-refractivity contribution >= 4 is 103 Å². The largest absolute Gasteiger partial charge is 0.220 e. The second kappa shape index (κ2) is 31.8. The minimum atomic E-state index is -2.19. The van der Waals surface area contributed by atoms with Gasteiger partial charge in [-0.2, -0.15) is 0 Å². The molecule has 6 heteroatoms. The summed E-state index contributed by atoms with van der Waals surface area (Å²) in [6.45, 7) is 44.2. The van der Waals surface area contributed by atoms with Gasteiger partial charge in [-0.15, -0.1) is 0 Å². The highest BCUT2D eigenvalue weighted by Gasteiger charge is 2.39. The molecule has 0 saturated heterocycles. The SMILES string of the molecule is Cc1c(-c2c3ccc([Si](C)(c4ccccc4)c4ccccc4)cc3cc[n+]2C)cc(C(C)(C)C)cc1C(C)(C)C.Cc1cc(C(C)(C)C)cc(-c2c3ccc([Si](C)(c4ccccc4)c4ccccc4)cc3cc[n+]2C)c1C.Cc1ccc(C(C)(C)C)cc1-c1c2ccc([Si](C)(c3ccccc3)c3ccccc3)cc2cc[n+]1C. The first-order chi connectivity index (χ1) is 53.6. The molecule has 3 heterocycles. The fourth-order valence-electron chi connectivity index (χ4n) is 17.2. The summed E-state index contributed by atoms with van der Waals surface area (Å²) < 4.78 is 6.89. The van der Waals surface area contributed by atoms with Gasteiger partial charge in [-0.05, 0) is 193 Å². The fourth-order valence-corrected chi connectivity index (χ4v) is 28.0. The summed E-state index contributed by atoms with van der Waals surface area (Å²) in [6, 6.07) is 112. The van der Waals surface area contributed by atoms with Crippen molar-refractivity contribution in [2.45, 2.75) is 152 Å². The van der Waals surface area contributed by atoms with Gasteiger partial charge in [0.1, 0.15) is 45.4 Å². The minimum Gasteiger partial charge on any atom is -0.200 e. The first-order valence-electron chi connectivity index (χ1n) is 40.6. The van der Waals surface area contributed by atoms with Gasteiger partial charge in [0.25, 0.3) is 0 Å². The quantitative estimate of drug-likeness (QED) is 0.0656. The smallest absolute Gasteiger partial charge is 0.200 e. The Bertz CT molecular complexity index is 5830. The predicted molar refractivity (Wildman–Crippen MR) is 496 cm³/mol. The van der Waals surface area contributed by atoms with Gasteiger partial charge in [-0.25, -0.2) is 13.7 Å². The molecule has 0 atom stereocenters. The summed E-state index contributed by atoms with van der Waals surface area (Å²) in [6.07, 6.45) is 6.68. The average Bonchev–Trinajstić information content (AvgIpc) is 0.753. The van der Waals surface area contributed by atoms with Gasteiger partial charge in [0.15, 0.2) is 18.6 Å². The van der Waals surface area contributed by atoms with Gasteiger partial charge >= 0.3 is 0 Å². The van der Waals surface area contributed by atoms with E-state index in [4.69, 9.17) is 0 Å². The van der Waals surface area contributed by atoms with Crippen LogP contribution in [0.5, 0.6) is 0 Å². The molecular weight excluding hydrogens is 1410 g/mol. The summed E-state index contributed by atoms with van der Waals surface area (Å²) in [5.41, 5.74) is 19.1. The Balaban J connectivity index is 0.000000148. The molecule has 570 valence electrons. The van der Waals surface area contributed by atoms with Crippen LogP contribution in [-0.2, 0) is 42.8 Å². The van der Waals surface area contributed by atoms with E-state index in [1.54, 1.807) is 0 Å². The zero-order valence-electron chi connectivity index (χ0n) is 71.4. The van der Waals surface area contributed by atoms with Gasteiger partial charge in [0.05, 0.1) is 27.3 Å². The van der Waals surface area contributed by atoms with Crippen molar-refractivity contribution in [3.63, 3.8) is 0 Å². The molecule has 0 amide bonds. The highest BCUT2D eigenvalue weighted by Crippen LogP contribution is 2.40. The molecular formula is C107H118N3Si3+3. The van der Waals surface area contributed by atoms with Gasteiger partial charge < -0.3 is 0 Å². The lowest BCUT2D eigenvalue weighted by Gasteiger charge is -2.30. The van der Waals surface area contributed by atoms with E-state index in [9.17, 15) is 0 Å². The molecule has 0 spiro atoms. The molecule has 3 nitrogen and oxygen atoms in total. The van der Waals surface area contributed by atoms with Crippen molar-refractivity contribution < 1.29 is 13.7 Å². The van der Waals surface area contributed by atoms with Crippen LogP contribution in [-0.4, -0.2) is 24.2 Å². The van der Waals surface area contributed by atoms with Crippen LogP contribution in [0.4, 0.5) is 0 Å². The fraction of sp³-hybridized carbons (Fsp3) is 0.243. The van der Waals surface area contributed by atoms with Crippen LogP contribution in [0.15, 0.2) is 316 Å². The van der Waals surface area contributed by atoms with Crippen LogP contribution >= 0.6 is 0 Å². The highest BCUT2D eigenvalue weighted by atomic mass is 28.3. The lowest BCUT2D eigenvalue weighted by Crippen LogP contribution is -2.64. The van der Waals surface area contributed by atoms with Gasteiger partial charge in [0, 0.05) is 23.8 Å². The van der Waals surface area contributed by atoms with E-state index in [0.717, 1.165) is 0 Å².